The van der Waals surface area contributed by atoms with Crippen LogP contribution in [0.1, 0.15) is 11.3 Å². The van der Waals surface area contributed by atoms with Crippen molar-refractivity contribution in [3.05, 3.63) is 81.9 Å². The highest BCUT2D eigenvalue weighted by Gasteiger charge is 2.14. The molecule has 8 heteroatoms. The summed E-state index contributed by atoms with van der Waals surface area (Å²) in [7, 11) is 0. The van der Waals surface area contributed by atoms with Gasteiger partial charge in [0.05, 0.1) is 29.5 Å². The Bertz CT molecular complexity index is 893. The number of aromatic nitrogens is 2. The van der Waals surface area contributed by atoms with Crippen LogP contribution in [0.2, 0.25) is 0 Å². The molecule has 0 saturated carbocycles. The molecule has 2 aromatic carbocycles. The Morgan fingerprint density at radius 2 is 1.96 bits per heavy atom. The molecule has 0 radical (unpaired) electrons. The highest BCUT2D eigenvalue weighted by atomic mass is 19.1. The van der Waals surface area contributed by atoms with E-state index in [0.717, 1.165) is 0 Å². The highest BCUT2D eigenvalue weighted by Crippen LogP contribution is 2.26. The van der Waals surface area contributed by atoms with Gasteiger partial charge in [-0.25, -0.2) is 9.07 Å². The van der Waals surface area contributed by atoms with Crippen LogP contribution in [0, 0.1) is 15.9 Å². The van der Waals surface area contributed by atoms with Gasteiger partial charge in [0.1, 0.15) is 11.5 Å². The topological polar surface area (TPSA) is 93.2 Å². The standard InChI is InChI=1S/C17H15FN4O3/c18-13-2-4-15(5-3-13)21-8-7-14(20-21)10-19-16-9-12(11-23)1-6-17(16)22(24)25/h1-9,19,23H,10-11H2. The van der Waals surface area contributed by atoms with Crippen molar-refractivity contribution in [2.75, 3.05) is 5.32 Å². The minimum atomic E-state index is -0.486. The smallest absolute Gasteiger partial charge is 0.292 e. The molecular weight excluding hydrogens is 327 g/mol. The zero-order chi connectivity index (χ0) is 17.8. The molecule has 0 aliphatic heterocycles. The Kier molecular flexibility index (Phi) is 4.71. The fraction of sp³-hybridized carbons (Fsp3) is 0.118. The van der Waals surface area contributed by atoms with E-state index in [1.54, 1.807) is 29.1 Å². The molecule has 2 N–H and O–H groups in total. The molecule has 0 amide bonds. The lowest BCUT2D eigenvalue weighted by atomic mass is 10.2. The Morgan fingerprint density at radius 1 is 1.20 bits per heavy atom. The minimum absolute atomic E-state index is 0.0739. The molecule has 3 rings (SSSR count). The van der Waals surface area contributed by atoms with Crippen LogP contribution in [0.5, 0.6) is 0 Å². The second-order valence-electron chi connectivity index (χ2n) is 5.35. The predicted molar refractivity (Wildman–Crippen MR) is 89.9 cm³/mol. The van der Waals surface area contributed by atoms with E-state index < -0.39 is 4.92 Å². The summed E-state index contributed by atoms with van der Waals surface area (Å²) in [6, 6.07) is 12.1. The maximum atomic E-state index is 13.0. The van der Waals surface area contributed by atoms with Crippen molar-refractivity contribution < 1.29 is 14.4 Å². The van der Waals surface area contributed by atoms with Gasteiger partial charge in [0.15, 0.2) is 0 Å². The summed E-state index contributed by atoms with van der Waals surface area (Å²) in [6.07, 6.45) is 1.73. The van der Waals surface area contributed by atoms with Gasteiger partial charge in [-0.3, -0.25) is 10.1 Å². The van der Waals surface area contributed by atoms with Gasteiger partial charge in [-0.2, -0.15) is 5.10 Å². The first kappa shape index (κ1) is 16.6. The molecule has 0 fully saturated rings. The summed E-state index contributed by atoms with van der Waals surface area (Å²) in [6.45, 7) is 0.0653. The Morgan fingerprint density at radius 3 is 2.64 bits per heavy atom. The van der Waals surface area contributed by atoms with Crippen molar-refractivity contribution >= 4 is 11.4 Å². The fourth-order valence-corrected chi connectivity index (χ4v) is 2.36. The molecule has 0 unspecified atom stereocenters. The van der Waals surface area contributed by atoms with Gasteiger partial charge in [-0.15, -0.1) is 0 Å². The lowest BCUT2D eigenvalue weighted by Crippen LogP contribution is -2.05. The molecule has 1 heterocycles. The number of nitrogens with zero attached hydrogens (tertiary/aromatic N) is 3. The normalized spacial score (nSPS) is 10.6. The number of rotatable bonds is 6. The van der Waals surface area contributed by atoms with Gasteiger partial charge in [-0.1, -0.05) is 0 Å². The molecule has 1 aromatic heterocycles. The first-order valence-corrected chi connectivity index (χ1v) is 7.49. The van der Waals surface area contributed by atoms with Crippen molar-refractivity contribution in [3.8, 4) is 5.69 Å². The van der Waals surface area contributed by atoms with E-state index in [1.807, 2.05) is 0 Å². The molecule has 128 valence electrons. The number of anilines is 1. The number of aliphatic hydroxyl groups excluding tert-OH is 1. The maximum absolute atomic E-state index is 13.0. The van der Waals surface area contributed by atoms with Gasteiger partial charge in [-0.05, 0) is 48.0 Å². The van der Waals surface area contributed by atoms with Gasteiger partial charge in [0.2, 0.25) is 0 Å². The van der Waals surface area contributed by atoms with E-state index in [-0.39, 0.29) is 24.7 Å². The third-order valence-corrected chi connectivity index (χ3v) is 3.64. The molecule has 25 heavy (non-hydrogen) atoms. The second-order valence-corrected chi connectivity index (χ2v) is 5.35. The number of nitro groups is 1. The van der Waals surface area contributed by atoms with E-state index in [4.69, 9.17) is 0 Å². The first-order chi connectivity index (χ1) is 12.1. The summed E-state index contributed by atoms with van der Waals surface area (Å²) in [5.41, 5.74) is 2.18. The van der Waals surface area contributed by atoms with Crippen LogP contribution in [0.15, 0.2) is 54.7 Å². The van der Waals surface area contributed by atoms with Gasteiger partial charge < -0.3 is 10.4 Å². The highest BCUT2D eigenvalue weighted by molar-refractivity contribution is 5.62. The number of halogens is 1. The summed E-state index contributed by atoms with van der Waals surface area (Å²) >= 11 is 0. The van der Waals surface area contributed by atoms with Crippen LogP contribution < -0.4 is 5.32 Å². The molecule has 0 atom stereocenters. The van der Waals surface area contributed by atoms with Crippen LogP contribution >= 0.6 is 0 Å². The Hall–Kier alpha value is -3.26. The van der Waals surface area contributed by atoms with Crippen molar-refractivity contribution in [2.24, 2.45) is 0 Å². The Balaban J connectivity index is 1.76. The van der Waals surface area contributed by atoms with E-state index in [2.05, 4.69) is 10.4 Å². The van der Waals surface area contributed by atoms with Gasteiger partial charge >= 0.3 is 0 Å². The van der Waals surface area contributed by atoms with Crippen molar-refractivity contribution in [1.29, 1.82) is 0 Å². The minimum Gasteiger partial charge on any atom is -0.392 e. The van der Waals surface area contributed by atoms with E-state index in [0.29, 0.717) is 22.6 Å². The third kappa shape index (κ3) is 3.81. The number of nitro benzene ring substituents is 1. The predicted octanol–water partition coefficient (Wildman–Crippen LogP) is 3.02. The molecule has 0 aliphatic rings. The van der Waals surface area contributed by atoms with Crippen molar-refractivity contribution in [1.82, 2.24) is 9.78 Å². The summed E-state index contributed by atoms with van der Waals surface area (Å²) in [5.74, 6) is -0.325. The van der Waals surface area contributed by atoms with Crippen LogP contribution in [0.4, 0.5) is 15.8 Å². The van der Waals surface area contributed by atoms with Crippen molar-refractivity contribution in [2.45, 2.75) is 13.2 Å². The second kappa shape index (κ2) is 7.10. The lowest BCUT2D eigenvalue weighted by Gasteiger charge is -2.07. The number of benzene rings is 2. The van der Waals surface area contributed by atoms with Gasteiger partial charge in [0, 0.05) is 12.3 Å². The molecule has 0 aliphatic carbocycles. The molecule has 7 nitrogen and oxygen atoms in total. The van der Waals surface area contributed by atoms with Crippen LogP contribution in [-0.2, 0) is 13.2 Å². The number of nitrogens with one attached hydrogen (secondary N) is 1. The molecular formula is C17H15FN4O3. The largest absolute Gasteiger partial charge is 0.392 e. The van der Waals surface area contributed by atoms with Crippen LogP contribution in [-0.4, -0.2) is 19.8 Å². The van der Waals surface area contributed by atoms with Crippen LogP contribution in [0.3, 0.4) is 0 Å². The fourth-order valence-electron chi connectivity index (χ4n) is 2.36. The Labute approximate surface area is 142 Å². The van der Waals surface area contributed by atoms with Gasteiger partial charge in [0.25, 0.3) is 5.69 Å². The zero-order valence-corrected chi connectivity index (χ0v) is 13.1. The molecule has 0 saturated heterocycles. The summed E-state index contributed by atoms with van der Waals surface area (Å²) < 4.78 is 14.6. The quantitative estimate of drug-likeness (QED) is 0.530. The van der Waals surface area contributed by atoms with E-state index >= 15 is 0 Å². The van der Waals surface area contributed by atoms with Crippen molar-refractivity contribution in [3.63, 3.8) is 0 Å². The first-order valence-electron chi connectivity index (χ1n) is 7.49. The van der Waals surface area contributed by atoms with E-state index in [1.165, 1.54) is 30.3 Å². The molecule has 0 bridgehead atoms. The lowest BCUT2D eigenvalue weighted by molar-refractivity contribution is -0.384. The van der Waals surface area contributed by atoms with E-state index in [9.17, 15) is 19.6 Å². The average molecular weight is 342 g/mol. The number of hydrogen-bond acceptors (Lipinski definition) is 5. The summed E-state index contributed by atoms with van der Waals surface area (Å²) in [5, 5.41) is 27.6. The monoisotopic (exact) mass is 342 g/mol. The van der Waals surface area contributed by atoms with Crippen LogP contribution in [0.25, 0.3) is 5.69 Å². The number of hydrogen-bond donors (Lipinski definition) is 2. The average Bonchev–Trinajstić information content (AvgIpc) is 3.09. The zero-order valence-electron chi connectivity index (χ0n) is 13.1. The summed E-state index contributed by atoms with van der Waals surface area (Å²) in [4.78, 5) is 10.6. The number of aliphatic hydroxyl groups is 1. The SMILES string of the molecule is O=[N+]([O-])c1ccc(CO)cc1NCc1ccn(-c2ccc(F)cc2)n1. The maximum Gasteiger partial charge on any atom is 0.292 e. The molecule has 3 aromatic rings. The molecule has 0 spiro atoms. The third-order valence-electron chi connectivity index (χ3n) is 3.64.